The van der Waals surface area contributed by atoms with E-state index in [9.17, 15) is 9.18 Å². The van der Waals surface area contributed by atoms with E-state index >= 15 is 0 Å². The van der Waals surface area contributed by atoms with Crippen LogP contribution in [0.2, 0.25) is 0 Å². The smallest absolute Gasteiger partial charge is 0.314 e. The van der Waals surface area contributed by atoms with Crippen LogP contribution in [0.5, 0.6) is 0 Å². The molecule has 19 heavy (non-hydrogen) atoms. The first-order valence-electron chi connectivity index (χ1n) is 5.79. The van der Waals surface area contributed by atoms with E-state index in [4.69, 9.17) is 0 Å². The summed E-state index contributed by atoms with van der Waals surface area (Å²) in [7, 11) is 0. The number of carbonyl (C=O) groups excluding carboxylic acids is 1. The summed E-state index contributed by atoms with van der Waals surface area (Å²) in [6.07, 6.45) is 3.26. The van der Waals surface area contributed by atoms with E-state index in [1.165, 1.54) is 18.3 Å². The number of rotatable bonds is 3. The summed E-state index contributed by atoms with van der Waals surface area (Å²) in [5.41, 5.74) is 1.11. The molecule has 96 valence electrons. The van der Waals surface area contributed by atoms with Crippen molar-refractivity contribution in [2.75, 3.05) is 5.32 Å². The summed E-state index contributed by atoms with van der Waals surface area (Å²) in [5.74, 6) is -0.468. The molecule has 3 nitrogen and oxygen atoms in total. The van der Waals surface area contributed by atoms with Gasteiger partial charge >= 0.3 is 6.03 Å². The van der Waals surface area contributed by atoms with Crippen LogP contribution in [0.3, 0.4) is 0 Å². The van der Waals surface area contributed by atoms with Gasteiger partial charge in [-0.2, -0.15) is 0 Å². The highest BCUT2D eigenvalue weighted by Crippen LogP contribution is 2.11. The maximum atomic E-state index is 13.3. The first kappa shape index (κ1) is 12.8. The lowest BCUT2D eigenvalue weighted by molar-refractivity contribution is 0.255. The normalized spacial score (nSPS) is 10.4. The number of halogens is 1. The fraction of sp³-hybridized carbons (Fsp3) is 0. The van der Waals surface area contributed by atoms with Crippen LogP contribution < -0.4 is 10.6 Å². The third kappa shape index (κ3) is 3.96. The van der Waals surface area contributed by atoms with Crippen LogP contribution in [0.25, 0.3) is 6.08 Å². The Morgan fingerprint density at radius 2 is 1.68 bits per heavy atom. The zero-order valence-electron chi connectivity index (χ0n) is 10.1. The Labute approximate surface area is 110 Å². The van der Waals surface area contributed by atoms with Gasteiger partial charge in [0.2, 0.25) is 0 Å². The molecule has 4 heteroatoms. The molecular formula is C15H13FN2O. The number of anilines is 1. The quantitative estimate of drug-likeness (QED) is 0.865. The SMILES string of the molecule is O=C(N/C=C/c1ccccc1)Nc1ccccc1F. The molecule has 0 aromatic heterocycles. The average molecular weight is 256 g/mol. The van der Waals surface area contributed by atoms with Crippen LogP contribution in [-0.4, -0.2) is 6.03 Å². The average Bonchev–Trinajstić information content (AvgIpc) is 2.43. The van der Waals surface area contributed by atoms with Crippen LogP contribution in [0, 0.1) is 5.82 Å². The highest BCUT2D eigenvalue weighted by Gasteiger charge is 2.03. The Kier molecular flexibility index (Phi) is 4.29. The van der Waals surface area contributed by atoms with Gasteiger partial charge in [-0.15, -0.1) is 0 Å². The third-order valence-electron chi connectivity index (χ3n) is 2.41. The summed E-state index contributed by atoms with van der Waals surface area (Å²) in [6, 6.07) is 15.0. The molecule has 0 saturated heterocycles. The van der Waals surface area contributed by atoms with Gasteiger partial charge in [-0.1, -0.05) is 42.5 Å². The molecule has 0 atom stereocenters. The van der Waals surface area contributed by atoms with E-state index in [-0.39, 0.29) is 5.69 Å². The fourth-order valence-electron chi connectivity index (χ4n) is 1.50. The minimum Gasteiger partial charge on any atom is -0.314 e. The largest absolute Gasteiger partial charge is 0.323 e. The lowest BCUT2D eigenvalue weighted by Gasteiger charge is -2.05. The predicted octanol–water partition coefficient (Wildman–Crippen LogP) is 3.62. The first-order chi connectivity index (χ1) is 9.25. The van der Waals surface area contributed by atoms with Crippen molar-refractivity contribution in [1.29, 1.82) is 0 Å². The van der Waals surface area contributed by atoms with Gasteiger partial charge in [-0.05, 0) is 23.8 Å². The Morgan fingerprint density at radius 1 is 1.00 bits per heavy atom. The van der Waals surface area contributed by atoms with E-state index in [0.29, 0.717) is 0 Å². The van der Waals surface area contributed by atoms with Crippen molar-refractivity contribution in [3.05, 3.63) is 72.2 Å². The molecule has 2 aromatic carbocycles. The van der Waals surface area contributed by atoms with Crippen LogP contribution in [0.1, 0.15) is 5.56 Å². The standard InChI is InChI=1S/C15H13FN2O/c16-13-8-4-5-9-14(13)18-15(19)17-11-10-12-6-2-1-3-7-12/h1-11H,(H2,17,18,19)/b11-10+. The van der Waals surface area contributed by atoms with E-state index in [0.717, 1.165) is 5.56 Å². The number of nitrogens with one attached hydrogen (secondary N) is 2. The lowest BCUT2D eigenvalue weighted by atomic mass is 10.2. The van der Waals surface area contributed by atoms with Crippen molar-refractivity contribution in [2.24, 2.45) is 0 Å². The molecule has 0 spiro atoms. The molecule has 0 aliphatic carbocycles. The number of urea groups is 1. The highest BCUT2D eigenvalue weighted by atomic mass is 19.1. The summed E-state index contributed by atoms with van der Waals surface area (Å²) >= 11 is 0. The number of benzene rings is 2. The lowest BCUT2D eigenvalue weighted by Crippen LogP contribution is -2.24. The van der Waals surface area contributed by atoms with E-state index in [2.05, 4.69) is 10.6 Å². The van der Waals surface area contributed by atoms with Crippen molar-refractivity contribution in [3.8, 4) is 0 Å². The number of amides is 2. The van der Waals surface area contributed by atoms with Gasteiger partial charge in [-0.25, -0.2) is 9.18 Å². The zero-order chi connectivity index (χ0) is 13.5. The number of para-hydroxylation sites is 1. The van der Waals surface area contributed by atoms with E-state index in [1.807, 2.05) is 30.3 Å². The summed E-state index contributed by atoms with van der Waals surface area (Å²) in [5, 5.41) is 4.93. The molecule has 0 bridgehead atoms. The molecular weight excluding hydrogens is 243 g/mol. The van der Waals surface area contributed by atoms with Gasteiger partial charge in [0.1, 0.15) is 5.82 Å². The van der Waals surface area contributed by atoms with Crippen molar-refractivity contribution in [2.45, 2.75) is 0 Å². The molecule has 2 amide bonds. The Hall–Kier alpha value is -2.62. The third-order valence-corrected chi connectivity index (χ3v) is 2.41. The topological polar surface area (TPSA) is 41.1 Å². The Bertz CT molecular complexity index is 582. The second-order valence-corrected chi connectivity index (χ2v) is 3.82. The molecule has 2 rings (SSSR count). The van der Waals surface area contributed by atoms with Crippen molar-refractivity contribution >= 4 is 17.8 Å². The molecule has 0 unspecified atom stereocenters. The molecule has 0 aliphatic heterocycles. The van der Waals surface area contributed by atoms with Crippen LogP contribution >= 0.6 is 0 Å². The summed E-state index contributed by atoms with van der Waals surface area (Å²) in [6.45, 7) is 0. The molecule has 0 aliphatic rings. The first-order valence-corrected chi connectivity index (χ1v) is 5.79. The van der Waals surface area contributed by atoms with E-state index in [1.54, 1.807) is 18.2 Å². The van der Waals surface area contributed by atoms with Gasteiger partial charge in [0, 0.05) is 6.20 Å². The summed E-state index contributed by atoms with van der Waals surface area (Å²) in [4.78, 5) is 11.5. The second kappa shape index (κ2) is 6.35. The number of carbonyl (C=O) groups is 1. The fourth-order valence-corrected chi connectivity index (χ4v) is 1.50. The van der Waals surface area contributed by atoms with Gasteiger partial charge < -0.3 is 10.6 Å². The number of hydrogen-bond donors (Lipinski definition) is 2. The van der Waals surface area contributed by atoms with Crippen LogP contribution in [-0.2, 0) is 0 Å². The molecule has 0 saturated carbocycles. The highest BCUT2D eigenvalue weighted by molar-refractivity contribution is 5.90. The van der Waals surface area contributed by atoms with Gasteiger partial charge in [0.05, 0.1) is 5.69 Å². The van der Waals surface area contributed by atoms with Gasteiger partial charge in [0.25, 0.3) is 0 Å². The Balaban J connectivity index is 1.89. The number of hydrogen-bond acceptors (Lipinski definition) is 1. The van der Waals surface area contributed by atoms with E-state index < -0.39 is 11.8 Å². The summed E-state index contributed by atoms with van der Waals surface area (Å²) < 4.78 is 13.3. The van der Waals surface area contributed by atoms with Crippen molar-refractivity contribution < 1.29 is 9.18 Å². The molecule has 0 heterocycles. The van der Waals surface area contributed by atoms with Crippen LogP contribution in [0.4, 0.5) is 14.9 Å². The maximum Gasteiger partial charge on any atom is 0.323 e. The molecule has 2 aromatic rings. The van der Waals surface area contributed by atoms with Gasteiger partial charge in [0.15, 0.2) is 0 Å². The van der Waals surface area contributed by atoms with Crippen molar-refractivity contribution in [1.82, 2.24) is 5.32 Å². The second-order valence-electron chi connectivity index (χ2n) is 3.82. The minimum atomic E-state index is -0.489. The molecule has 0 radical (unpaired) electrons. The molecule has 0 fully saturated rings. The minimum absolute atomic E-state index is 0.146. The monoisotopic (exact) mass is 256 g/mol. The zero-order valence-corrected chi connectivity index (χ0v) is 10.1. The predicted molar refractivity (Wildman–Crippen MR) is 74.0 cm³/mol. The molecule has 2 N–H and O–H groups in total. The maximum absolute atomic E-state index is 13.3. The Morgan fingerprint density at radius 3 is 2.42 bits per heavy atom. The van der Waals surface area contributed by atoms with Crippen LogP contribution in [0.15, 0.2) is 60.8 Å². The van der Waals surface area contributed by atoms with Crippen molar-refractivity contribution in [3.63, 3.8) is 0 Å². The van der Waals surface area contributed by atoms with Gasteiger partial charge in [-0.3, -0.25) is 0 Å².